The van der Waals surface area contributed by atoms with Gasteiger partial charge in [0.2, 0.25) is 5.91 Å². The van der Waals surface area contributed by atoms with Crippen molar-refractivity contribution >= 4 is 33.9 Å². The average Bonchev–Trinajstić information content (AvgIpc) is 3.17. The van der Waals surface area contributed by atoms with E-state index in [4.69, 9.17) is 4.98 Å². The zero-order valence-corrected chi connectivity index (χ0v) is 17.6. The van der Waals surface area contributed by atoms with Gasteiger partial charge in [-0.1, -0.05) is 18.2 Å². The van der Waals surface area contributed by atoms with E-state index in [9.17, 15) is 4.79 Å². The molecular weight excluding hydrogens is 382 g/mol. The lowest BCUT2D eigenvalue weighted by atomic mass is 10.2. The Bertz CT molecular complexity index is 966. The number of carbonyl (C=O) groups is 1. The molecule has 1 saturated heterocycles. The first-order valence-electron chi connectivity index (χ1n) is 9.80. The number of thiazole rings is 1. The summed E-state index contributed by atoms with van der Waals surface area (Å²) in [6.45, 7) is 8.26. The monoisotopic (exact) mass is 407 g/mol. The Kier molecular flexibility index (Phi) is 5.87. The molecule has 150 valence electrons. The number of benzene rings is 1. The number of anilines is 3. The van der Waals surface area contributed by atoms with Crippen LogP contribution in [0.1, 0.15) is 18.2 Å². The molecule has 0 bridgehead atoms. The van der Waals surface area contributed by atoms with E-state index in [1.807, 2.05) is 49.5 Å². The van der Waals surface area contributed by atoms with Crippen LogP contribution in [0.25, 0.3) is 0 Å². The minimum atomic E-state index is -0.0273. The maximum Gasteiger partial charge on any atom is 0.230 e. The summed E-state index contributed by atoms with van der Waals surface area (Å²) in [6, 6.07) is 14.0. The topological polar surface area (TPSA) is 52.6 Å². The largest absolute Gasteiger partial charge is 0.354 e. The first kappa shape index (κ1) is 19.5. The van der Waals surface area contributed by atoms with Gasteiger partial charge in [-0.05, 0) is 36.8 Å². The first-order chi connectivity index (χ1) is 14.1. The molecule has 0 radical (unpaired) electrons. The van der Waals surface area contributed by atoms with Crippen molar-refractivity contribution in [2.45, 2.75) is 20.4 Å². The Morgan fingerprint density at radius 1 is 1.14 bits per heavy atom. The number of rotatable bonds is 5. The molecule has 3 aromatic rings. The zero-order valence-electron chi connectivity index (χ0n) is 16.8. The SMILES string of the molecule is CC(=O)N(c1cccc(C)c1)c1nc(CN2CCN(c3ccccn3)CC2)cs1. The fraction of sp³-hybridized carbons (Fsp3) is 0.318. The second-order valence-corrected chi connectivity index (χ2v) is 8.10. The molecule has 0 unspecified atom stereocenters. The van der Waals surface area contributed by atoms with Crippen LogP contribution in [0.5, 0.6) is 0 Å². The van der Waals surface area contributed by atoms with Crippen LogP contribution in [0.15, 0.2) is 54.0 Å². The number of carbonyl (C=O) groups excluding carboxylic acids is 1. The molecule has 3 heterocycles. The van der Waals surface area contributed by atoms with Gasteiger partial charge >= 0.3 is 0 Å². The molecule has 1 aliphatic heterocycles. The smallest absolute Gasteiger partial charge is 0.230 e. The normalized spacial score (nSPS) is 14.8. The van der Waals surface area contributed by atoms with Crippen molar-refractivity contribution in [2.75, 3.05) is 36.0 Å². The van der Waals surface area contributed by atoms with Crippen molar-refractivity contribution in [1.29, 1.82) is 0 Å². The number of aryl methyl sites for hydroxylation is 1. The van der Waals surface area contributed by atoms with Gasteiger partial charge in [0.05, 0.1) is 11.4 Å². The molecule has 1 amide bonds. The molecule has 6 nitrogen and oxygen atoms in total. The van der Waals surface area contributed by atoms with Crippen LogP contribution in [0.4, 0.5) is 16.6 Å². The molecule has 0 atom stereocenters. The van der Waals surface area contributed by atoms with Gasteiger partial charge in [-0.15, -0.1) is 11.3 Å². The zero-order chi connectivity index (χ0) is 20.2. The summed E-state index contributed by atoms with van der Waals surface area (Å²) in [5.74, 6) is 1.01. The summed E-state index contributed by atoms with van der Waals surface area (Å²) in [5.41, 5.74) is 2.99. The van der Waals surface area contributed by atoms with Crippen LogP contribution in [0.3, 0.4) is 0 Å². The van der Waals surface area contributed by atoms with E-state index in [2.05, 4.69) is 26.2 Å². The van der Waals surface area contributed by atoms with Gasteiger partial charge in [0, 0.05) is 51.2 Å². The van der Waals surface area contributed by atoms with Gasteiger partial charge in [-0.2, -0.15) is 0 Å². The summed E-state index contributed by atoms with van der Waals surface area (Å²) in [6.07, 6.45) is 1.84. The molecule has 1 fully saturated rings. The molecule has 1 aromatic carbocycles. The molecule has 0 N–H and O–H groups in total. The quantitative estimate of drug-likeness (QED) is 0.643. The van der Waals surface area contributed by atoms with Gasteiger partial charge < -0.3 is 4.90 Å². The van der Waals surface area contributed by atoms with Gasteiger partial charge in [-0.3, -0.25) is 14.6 Å². The van der Waals surface area contributed by atoms with Gasteiger partial charge in [0.1, 0.15) is 5.82 Å². The van der Waals surface area contributed by atoms with E-state index in [1.54, 1.807) is 11.8 Å². The van der Waals surface area contributed by atoms with Crippen LogP contribution >= 0.6 is 11.3 Å². The Morgan fingerprint density at radius 3 is 2.66 bits per heavy atom. The predicted octanol–water partition coefficient (Wildman–Crippen LogP) is 3.85. The molecule has 0 aliphatic carbocycles. The molecule has 0 spiro atoms. The summed E-state index contributed by atoms with van der Waals surface area (Å²) in [7, 11) is 0. The molecule has 0 saturated carbocycles. The van der Waals surface area contributed by atoms with Crippen LogP contribution in [-0.2, 0) is 11.3 Å². The fourth-order valence-electron chi connectivity index (χ4n) is 3.57. The molecule has 1 aliphatic rings. The molecular formula is C22H25N5OS. The Hall–Kier alpha value is -2.77. The molecule has 7 heteroatoms. The van der Waals surface area contributed by atoms with Crippen LogP contribution < -0.4 is 9.80 Å². The second-order valence-electron chi connectivity index (χ2n) is 7.27. The Balaban J connectivity index is 1.41. The van der Waals surface area contributed by atoms with Crippen LogP contribution in [-0.4, -0.2) is 47.0 Å². The van der Waals surface area contributed by atoms with E-state index in [0.717, 1.165) is 60.6 Å². The Labute approximate surface area is 175 Å². The van der Waals surface area contributed by atoms with Crippen molar-refractivity contribution in [2.24, 2.45) is 0 Å². The van der Waals surface area contributed by atoms with Crippen molar-refractivity contribution in [3.63, 3.8) is 0 Å². The molecule has 4 rings (SSSR count). The van der Waals surface area contributed by atoms with Gasteiger partial charge in [0.15, 0.2) is 5.13 Å². The fourth-order valence-corrected chi connectivity index (χ4v) is 4.45. The second kappa shape index (κ2) is 8.71. The van der Waals surface area contributed by atoms with Gasteiger partial charge in [-0.25, -0.2) is 9.97 Å². The van der Waals surface area contributed by atoms with E-state index < -0.39 is 0 Å². The third-order valence-electron chi connectivity index (χ3n) is 5.04. The standard InChI is InChI=1S/C22H25N5OS/c1-17-6-5-7-20(14-17)27(18(2)28)22-24-19(16-29-22)15-25-10-12-26(13-11-25)21-8-3-4-9-23-21/h3-9,14,16H,10-13,15H2,1-2H3. The van der Waals surface area contributed by atoms with Crippen molar-refractivity contribution in [1.82, 2.24) is 14.9 Å². The minimum absolute atomic E-state index is 0.0273. The predicted molar refractivity (Wildman–Crippen MR) is 118 cm³/mol. The number of aromatic nitrogens is 2. The van der Waals surface area contributed by atoms with Crippen molar-refractivity contribution in [3.05, 3.63) is 65.3 Å². The number of hydrogen-bond acceptors (Lipinski definition) is 6. The third-order valence-corrected chi connectivity index (χ3v) is 5.91. The summed E-state index contributed by atoms with van der Waals surface area (Å²) < 4.78 is 0. The lowest BCUT2D eigenvalue weighted by molar-refractivity contribution is -0.115. The highest BCUT2D eigenvalue weighted by Crippen LogP contribution is 2.30. The summed E-state index contributed by atoms with van der Waals surface area (Å²) >= 11 is 1.52. The maximum absolute atomic E-state index is 12.3. The lowest BCUT2D eigenvalue weighted by Crippen LogP contribution is -2.46. The number of nitrogens with zero attached hydrogens (tertiary/aromatic N) is 5. The highest BCUT2D eigenvalue weighted by atomic mass is 32.1. The molecule has 2 aromatic heterocycles. The minimum Gasteiger partial charge on any atom is -0.354 e. The van der Waals surface area contributed by atoms with E-state index in [0.29, 0.717) is 0 Å². The van der Waals surface area contributed by atoms with Crippen molar-refractivity contribution < 1.29 is 4.79 Å². The number of hydrogen-bond donors (Lipinski definition) is 0. The van der Waals surface area contributed by atoms with E-state index in [1.165, 1.54) is 11.3 Å². The number of amides is 1. The average molecular weight is 408 g/mol. The summed E-state index contributed by atoms with van der Waals surface area (Å²) in [5, 5.41) is 2.79. The van der Waals surface area contributed by atoms with Crippen LogP contribution in [0.2, 0.25) is 0 Å². The lowest BCUT2D eigenvalue weighted by Gasteiger charge is -2.35. The van der Waals surface area contributed by atoms with Crippen molar-refractivity contribution in [3.8, 4) is 0 Å². The highest BCUT2D eigenvalue weighted by molar-refractivity contribution is 7.14. The van der Waals surface area contributed by atoms with E-state index in [-0.39, 0.29) is 5.91 Å². The third kappa shape index (κ3) is 4.63. The van der Waals surface area contributed by atoms with Gasteiger partial charge in [0.25, 0.3) is 0 Å². The summed E-state index contributed by atoms with van der Waals surface area (Å²) in [4.78, 5) is 27.9. The number of pyridine rings is 1. The highest BCUT2D eigenvalue weighted by Gasteiger charge is 2.21. The first-order valence-corrected chi connectivity index (χ1v) is 10.7. The Morgan fingerprint density at radius 2 is 1.97 bits per heavy atom. The maximum atomic E-state index is 12.3. The van der Waals surface area contributed by atoms with Crippen LogP contribution in [0, 0.1) is 6.92 Å². The number of piperazine rings is 1. The van der Waals surface area contributed by atoms with E-state index >= 15 is 0 Å². The molecule has 29 heavy (non-hydrogen) atoms.